The van der Waals surface area contributed by atoms with Crippen LogP contribution in [-0.4, -0.2) is 42.9 Å². The van der Waals surface area contributed by atoms with Gasteiger partial charge in [-0.2, -0.15) is 0 Å². The Morgan fingerprint density at radius 2 is 2.04 bits per heavy atom. The Balaban J connectivity index is 1.56. The van der Waals surface area contributed by atoms with Gasteiger partial charge in [0.05, 0.1) is 12.8 Å². The summed E-state index contributed by atoms with van der Waals surface area (Å²) in [5, 5.41) is 6.10. The van der Waals surface area contributed by atoms with Crippen molar-refractivity contribution < 1.29 is 9.21 Å². The Labute approximate surface area is 160 Å². The lowest BCUT2D eigenvalue weighted by molar-refractivity contribution is -0.119. The van der Waals surface area contributed by atoms with E-state index >= 15 is 0 Å². The highest BCUT2D eigenvalue weighted by atomic mass is 16.3. The van der Waals surface area contributed by atoms with Crippen LogP contribution in [0.4, 0.5) is 0 Å². The van der Waals surface area contributed by atoms with Crippen LogP contribution in [0.2, 0.25) is 0 Å². The second-order valence-corrected chi connectivity index (χ2v) is 6.32. The molecule has 0 unspecified atom stereocenters. The molecule has 0 radical (unpaired) electrons. The van der Waals surface area contributed by atoms with Gasteiger partial charge in [0.25, 0.3) is 0 Å². The molecule has 3 rings (SSSR count). The second-order valence-electron chi connectivity index (χ2n) is 6.32. The fourth-order valence-electron chi connectivity index (χ4n) is 3.00. The highest BCUT2D eigenvalue weighted by Crippen LogP contribution is 2.21. The molecule has 6 nitrogen and oxygen atoms in total. The molecule has 1 aliphatic heterocycles. The van der Waals surface area contributed by atoms with Gasteiger partial charge in [0, 0.05) is 19.6 Å². The highest BCUT2D eigenvalue weighted by molar-refractivity contribution is 5.85. The Bertz CT molecular complexity index is 782. The molecule has 1 aliphatic rings. The van der Waals surface area contributed by atoms with Gasteiger partial charge in [0.2, 0.25) is 5.91 Å². The average molecular weight is 366 g/mol. The molecule has 0 fully saturated rings. The molecule has 2 N–H and O–H groups in total. The summed E-state index contributed by atoms with van der Waals surface area (Å²) in [7, 11) is 0. The number of furan rings is 1. The van der Waals surface area contributed by atoms with Crippen molar-refractivity contribution in [1.82, 2.24) is 15.5 Å². The van der Waals surface area contributed by atoms with Crippen LogP contribution in [0.15, 0.2) is 64.2 Å². The lowest BCUT2D eigenvalue weighted by Crippen LogP contribution is -2.44. The summed E-state index contributed by atoms with van der Waals surface area (Å²) in [6.07, 6.45) is 4.79. The molecule has 2 heterocycles. The van der Waals surface area contributed by atoms with Crippen molar-refractivity contribution in [3.05, 3.63) is 66.1 Å². The van der Waals surface area contributed by atoms with Crippen LogP contribution in [0, 0.1) is 0 Å². The van der Waals surface area contributed by atoms with Gasteiger partial charge in [0.15, 0.2) is 5.96 Å². The van der Waals surface area contributed by atoms with Crippen LogP contribution in [0.5, 0.6) is 0 Å². The van der Waals surface area contributed by atoms with Gasteiger partial charge in [-0.25, -0.2) is 4.99 Å². The maximum absolute atomic E-state index is 12.0. The van der Waals surface area contributed by atoms with Crippen molar-refractivity contribution in [2.24, 2.45) is 4.99 Å². The summed E-state index contributed by atoms with van der Waals surface area (Å²) < 4.78 is 5.21. The first-order chi connectivity index (χ1) is 13.3. The molecular weight excluding hydrogens is 340 g/mol. The van der Waals surface area contributed by atoms with Crippen LogP contribution < -0.4 is 10.6 Å². The minimum absolute atomic E-state index is 0.0921. The largest absolute Gasteiger partial charge is 0.467 e. The molecule has 0 saturated heterocycles. The molecule has 0 saturated carbocycles. The quantitative estimate of drug-likeness (QED) is 0.609. The first-order valence-corrected chi connectivity index (χ1v) is 9.33. The Hall–Kier alpha value is -3.02. The van der Waals surface area contributed by atoms with Crippen LogP contribution >= 0.6 is 0 Å². The fraction of sp³-hybridized carbons (Fsp3) is 0.333. The predicted molar refractivity (Wildman–Crippen MR) is 107 cm³/mol. The molecular formula is C21H26N4O2. The minimum Gasteiger partial charge on any atom is -0.467 e. The molecule has 1 aromatic carbocycles. The van der Waals surface area contributed by atoms with Gasteiger partial charge in [-0.05, 0) is 36.6 Å². The third kappa shape index (κ3) is 5.48. The molecule has 0 atom stereocenters. The molecule has 1 aromatic heterocycles. The van der Waals surface area contributed by atoms with Crippen LogP contribution in [0.25, 0.3) is 5.57 Å². The number of hydrogen-bond acceptors (Lipinski definition) is 3. The number of carbonyl (C=O) groups excluding carboxylic acids is 1. The summed E-state index contributed by atoms with van der Waals surface area (Å²) >= 11 is 0. The average Bonchev–Trinajstić information content (AvgIpc) is 3.24. The number of benzene rings is 1. The van der Waals surface area contributed by atoms with E-state index in [4.69, 9.17) is 4.42 Å². The lowest BCUT2D eigenvalue weighted by atomic mass is 10.00. The summed E-state index contributed by atoms with van der Waals surface area (Å²) in [6, 6.07) is 14.1. The van der Waals surface area contributed by atoms with E-state index in [0.717, 1.165) is 37.8 Å². The van der Waals surface area contributed by atoms with Crippen molar-refractivity contribution in [2.75, 3.05) is 26.2 Å². The van der Waals surface area contributed by atoms with E-state index in [1.807, 2.05) is 19.1 Å². The Kier molecular flexibility index (Phi) is 6.68. The van der Waals surface area contributed by atoms with Gasteiger partial charge in [0.1, 0.15) is 12.3 Å². The highest BCUT2D eigenvalue weighted by Gasteiger charge is 2.16. The fourth-order valence-corrected chi connectivity index (χ4v) is 3.00. The normalized spacial score (nSPS) is 14.6. The number of aliphatic imine (C=N–C) groups is 1. The summed E-state index contributed by atoms with van der Waals surface area (Å²) in [5.74, 6) is 1.38. The first kappa shape index (κ1) is 18.8. The number of guanidine groups is 1. The number of nitrogens with zero attached hydrogens (tertiary/aromatic N) is 2. The van der Waals surface area contributed by atoms with E-state index in [1.165, 1.54) is 11.1 Å². The topological polar surface area (TPSA) is 69.9 Å². The van der Waals surface area contributed by atoms with Crippen molar-refractivity contribution in [3.63, 3.8) is 0 Å². The molecule has 0 aliphatic carbocycles. The number of rotatable bonds is 6. The van der Waals surface area contributed by atoms with E-state index in [1.54, 1.807) is 12.3 Å². The van der Waals surface area contributed by atoms with E-state index in [-0.39, 0.29) is 12.5 Å². The number of nitrogens with one attached hydrogen (secondary N) is 2. The van der Waals surface area contributed by atoms with Gasteiger partial charge >= 0.3 is 0 Å². The molecule has 2 aromatic rings. The van der Waals surface area contributed by atoms with E-state index < -0.39 is 0 Å². The SMILES string of the molecule is CCNC(=NCC(=O)NCc1ccco1)N1CC=C(c2ccccc2)CC1. The molecule has 0 bridgehead atoms. The maximum atomic E-state index is 12.0. The van der Waals surface area contributed by atoms with Gasteiger partial charge < -0.3 is 20.0 Å². The number of amides is 1. The van der Waals surface area contributed by atoms with Crippen LogP contribution in [0.3, 0.4) is 0 Å². The summed E-state index contributed by atoms with van der Waals surface area (Å²) in [4.78, 5) is 18.7. The first-order valence-electron chi connectivity index (χ1n) is 9.33. The predicted octanol–water partition coefficient (Wildman–Crippen LogP) is 2.65. The van der Waals surface area contributed by atoms with Crippen LogP contribution in [0.1, 0.15) is 24.7 Å². The smallest absolute Gasteiger partial charge is 0.242 e. The zero-order valence-electron chi connectivity index (χ0n) is 15.6. The van der Waals surface area contributed by atoms with E-state index in [2.05, 4.69) is 50.9 Å². The van der Waals surface area contributed by atoms with Crippen LogP contribution in [-0.2, 0) is 11.3 Å². The van der Waals surface area contributed by atoms with E-state index in [0.29, 0.717) is 6.54 Å². The lowest BCUT2D eigenvalue weighted by Gasteiger charge is -2.29. The third-order valence-electron chi connectivity index (χ3n) is 4.40. The molecule has 1 amide bonds. The molecule has 0 spiro atoms. The molecule has 6 heteroatoms. The Morgan fingerprint density at radius 3 is 2.70 bits per heavy atom. The zero-order chi connectivity index (χ0) is 18.9. The zero-order valence-corrected chi connectivity index (χ0v) is 15.6. The number of hydrogen-bond donors (Lipinski definition) is 2. The van der Waals surface area contributed by atoms with Gasteiger partial charge in [-0.15, -0.1) is 0 Å². The van der Waals surface area contributed by atoms with E-state index in [9.17, 15) is 4.79 Å². The second kappa shape index (κ2) is 9.62. The van der Waals surface area contributed by atoms with Gasteiger partial charge in [-0.3, -0.25) is 4.79 Å². The van der Waals surface area contributed by atoms with Crippen molar-refractivity contribution in [3.8, 4) is 0 Å². The molecule has 142 valence electrons. The Morgan fingerprint density at radius 1 is 1.19 bits per heavy atom. The molecule has 27 heavy (non-hydrogen) atoms. The van der Waals surface area contributed by atoms with Crippen molar-refractivity contribution >= 4 is 17.4 Å². The number of carbonyl (C=O) groups is 1. The van der Waals surface area contributed by atoms with Gasteiger partial charge in [-0.1, -0.05) is 36.4 Å². The summed E-state index contributed by atoms with van der Waals surface area (Å²) in [5.41, 5.74) is 2.63. The minimum atomic E-state index is -0.126. The summed E-state index contributed by atoms with van der Waals surface area (Å²) in [6.45, 7) is 4.92. The van der Waals surface area contributed by atoms with Crippen molar-refractivity contribution in [2.45, 2.75) is 19.9 Å². The monoisotopic (exact) mass is 366 g/mol. The standard InChI is InChI=1S/C21H26N4O2/c1-2-22-21(24-16-20(26)23-15-19-9-6-14-27-19)25-12-10-18(11-13-25)17-7-4-3-5-8-17/h3-10,14H,2,11-13,15-16H2,1H3,(H,22,24)(H,23,26). The third-order valence-corrected chi connectivity index (χ3v) is 4.40. The maximum Gasteiger partial charge on any atom is 0.242 e. The van der Waals surface area contributed by atoms with Crippen molar-refractivity contribution in [1.29, 1.82) is 0 Å².